The number of benzene rings is 3. The minimum atomic E-state index is -1.17. The van der Waals surface area contributed by atoms with Crippen molar-refractivity contribution >= 4 is 8.69 Å². The Bertz CT molecular complexity index is 1250. The van der Waals surface area contributed by atoms with Crippen molar-refractivity contribution in [2.75, 3.05) is 0 Å². The molecule has 0 aliphatic heterocycles. The van der Waals surface area contributed by atoms with Crippen molar-refractivity contribution < 1.29 is 9.46 Å². The smallest absolute Gasteiger partial charge is 0.162 e. The Morgan fingerprint density at radius 2 is 1.17 bits per heavy atom. The molecule has 0 spiro atoms. The zero-order chi connectivity index (χ0) is 21.4. The van der Waals surface area contributed by atoms with Gasteiger partial charge < -0.3 is 0 Å². The van der Waals surface area contributed by atoms with Crippen molar-refractivity contribution in [1.29, 1.82) is 0 Å². The van der Waals surface area contributed by atoms with Crippen molar-refractivity contribution in [3.8, 4) is 11.1 Å². The predicted molar refractivity (Wildman–Crippen MR) is 122 cm³/mol. The van der Waals surface area contributed by atoms with Crippen LogP contribution < -0.4 is 0 Å². The Morgan fingerprint density at radius 1 is 0.655 bits per heavy atom. The van der Waals surface area contributed by atoms with Crippen molar-refractivity contribution in [1.82, 2.24) is 0 Å². The van der Waals surface area contributed by atoms with E-state index >= 15 is 0 Å². The number of fused-ring (bicyclic) bond motifs is 2. The second kappa shape index (κ2) is 7.86. The first-order valence-electron chi connectivity index (χ1n) is 9.99. The van der Waals surface area contributed by atoms with Crippen LogP contribution >= 0.6 is 8.69 Å². The standard InChI is InChI=1S/C26H28.HO2P/c1-25(2,3)22-16-10-15-21(24(22)26(4,5)6)20-14-9-13-19-17-11-7-8-12-18(17)23(19)20;1-3-2/h7-16H,1-6H3;3H/p+1. The highest BCUT2D eigenvalue weighted by molar-refractivity contribution is 7.16. The largest absolute Gasteiger partial charge is 0.491 e. The Kier molecular flexibility index (Phi) is 5.81. The molecule has 1 aliphatic rings. The van der Waals surface area contributed by atoms with Crippen LogP contribution in [0.25, 0.3) is 11.1 Å². The molecule has 0 bridgehead atoms. The first-order valence-corrected chi connectivity index (χ1v) is 10.8. The maximum absolute atomic E-state index is 8.51. The summed E-state index contributed by atoms with van der Waals surface area (Å²) in [4.78, 5) is 7.04. The Balaban J connectivity index is 0.000000755. The van der Waals surface area contributed by atoms with E-state index in [1.54, 1.807) is 0 Å². The van der Waals surface area contributed by atoms with Gasteiger partial charge in [0.1, 0.15) is 0 Å². The van der Waals surface area contributed by atoms with Gasteiger partial charge in [-0.1, -0.05) is 102 Å². The summed E-state index contributed by atoms with van der Waals surface area (Å²) < 4.78 is 8.51. The molecule has 1 atom stereocenters. The van der Waals surface area contributed by atoms with E-state index in [9.17, 15) is 0 Å². The van der Waals surface area contributed by atoms with E-state index in [2.05, 4.69) is 102 Å². The molecule has 4 rings (SSSR count). The van der Waals surface area contributed by atoms with Crippen molar-refractivity contribution in [2.45, 2.75) is 52.4 Å². The van der Waals surface area contributed by atoms with Crippen LogP contribution in [0.5, 0.6) is 0 Å². The van der Waals surface area contributed by atoms with Gasteiger partial charge in [0.15, 0.2) is 0 Å². The quantitative estimate of drug-likeness (QED) is 0.356. The van der Waals surface area contributed by atoms with Gasteiger partial charge in [-0.05, 0) is 58.5 Å². The fourth-order valence-corrected chi connectivity index (χ4v) is 4.37. The Morgan fingerprint density at radius 3 is 1.76 bits per heavy atom. The third-order valence-corrected chi connectivity index (χ3v) is 5.46. The molecular formula is C26H30O2P+. The van der Waals surface area contributed by atoms with Crippen LogP contribution in [0.15, 0.2) is 60.7 Å². The fraction of sp³-hybridized carbons (Fsp3) is 0.308. The second-order valence-corrected chi connectivity index (χ2v) is 9.78. The van der Waals surface area contributed by atoms with Gasteiger partial charge in [0.05, 0.1) is 0 Å². The molecule has 3 aromatic carbocycles. The molecule has 1 aliphatic carbocycles. The topological polar surface area (TPSA) is 37.3 Å². The summed E-state index contributed by atoms with van der Waals surface area (Å²) in [6.45, 7) is 14.0. The molecule has 2 nitrogen and oxygen atoms in total. The highest BCUT2D eigenvalue weighted by atomic mass is 31.1. The Labute approximate surface area is 174 Å². The molecule has 0 fully saturated rings. The zero-order valence-corrected chi connectivity index (χ0v) is 19.1. The van der Waals surface area contributed by atoms with Gasteiger partial charge in [-0.15, -0.1) is 0 Å². The molecule has 0 saturated heterocycles. The minimum Gasteiger partial charge on any atom is -0.162 e. The van der Waals surface area contributed by atoms with Crippen molar-refractivity contribution in [3.63, 3.8) is 0 Å². The van der Waals surface area contributed by atoms with Crippen LogP contribution in [0.4, 0.5) is 0 Å². The summed E-state index contributed by atoms with van der Waals surface area (Å²) in [7, 11) is -1.17. The average Bonchev–Trinajstić information content (AvgIpc) is 2.64. The molecule has 150 valence electrons. The van der Waals surface area contributed by atoms with E-state index in [1.165, 1.54) is 43.1 Å². The average molecular weight is 405 g/mol. The van der Waals surface area contributed by atoms with E-state index in [-0.39, 0.29) is 10.8 Å². The first kappa shape index (κ1) is 21.4. The van der Waals surface area contributed by atoms with Crippen molar-refractivity contribution in [3.05, 3.63) is 92.7 Å². The zero-order valence-electron chi connectivity index (χ0n) is 18.1. The summed E-state index contributed by atoms with van der Waals surface area (Å²) in [5.74, 6) is 0. The molecule has 0 aromatic heterocycles. The van der Waals surface area contributed by atoms with E-state index in [1.807, 2.05) is 0 Å². The number of hydrogen-bond acceptors (Lipinski definition) is 1. The van der Waals surface area contributed by atoms with Crippen LogP contribution in [0.1, 0.15) is 52.7 Å². The summed E-state index contributed by atoms with van der Waals surface area (Å²) in [5.41, 5.74) is 5.90. The van der Waals surface area contributed by atoms with Gasteiger partial charge in [0.2, 0.25) is 0 Å². The fourth-order valence-electron chi connectivity index (χ4n) is 4.37. The summed E-state index contributed by atoms with van der Waals surface area (Å²) in [6, 6.07) is 22.4. The highest BCUT2D eigenvalue weighted by Gasteiger charge is 2.28. The van der Waals surface area contributed by atoms with Crippen LogP contribution in [0.2, 0.25) is 0 Å². The molecule has 3 heteroatoms. The first-order chi connectivity index (χ1) is 13.6. The molecular weight excluding hydrogens is 375 g/mol. The van der Waals surface area contributed by atoms with Gasteiger partial charge in [0, 0.05) is 0 Å². The lowest BCUT2D eigenvalue weighted by Crippen LogP contribution is -2.23. The SMILES string of the molecule is CC(C)(C)c1cccc(-c2cccc3c2=c2ccccc2=3)c1C(C)(C)C.O=[PH+]O. The molecule has 0 saturated carbocycles. The van der Waals surface area contributed by atoms with Crippen LogP contribution in [-0.2, 0) is 15.4 Å². The van der Waals surface area contributed by atoms with Crippen LogP contribution in [0, 0.1) is 20.9 Å². The summed E-state index contributed by atoms with van der Waals surface area (Å²) in [5, 5.41) is 5.58. The highest BCUT2D eigenvalue weighted by Crippen LogP contribution is 2.41. The predicted octanol–water partition coefficient (Wildman–Crippen LogP) is 6.75. The number of rotatable bonds is 1. The van der Waals surface area contributed by atoms with Crippen molar-refractivity contribution in [2.24, 2.45) is 0 Å². The van der Waals surface area contributed by atoms with Gasteiger partial charge in [-0.25, -0.2) is 0 Å². The maximum Gasteiger partial charge on any atom is 0.491 e. The monoisotopic (exact) mass is 405 g/mol. The molecule has 29 heavy (non-hydrogen) atoms. The molecule has 0 radical (unpaired) electrons. The number of hydrogen-bond donors (Lipinski definition) is 1. The van der Waals surface area contributed by atoms with Gasteiger partial charge in [0.25, 0.3) is 0 Å². The molecule has 1 N–H and O–H groups in total. The van der Waals surface area contributed by atoms with E-state index in [0.717, 1.165) is 0 Å². The lowest BCUT2D eigenvalue weighted by molar-refractivity contribution is 0.524. The molecule has 0 amide bonds. The maximum atomic E-state index is 8.51. The van der Waals surface area contributed by atoms with Crippen LogP contribution in [0.3, 0.4) is 0 Å². The lowest BCUT2D eigenvalue weighted by Gasteiger charge is -2.32. The van der Waals surface area contributed by atoms with E-state index in [4.69, 9.17) is 9.46 Å². The third-order valence-electron chi connectivity index (χ3n) is 5.46. The Hall–Kier alpha value is -2.28. The van der Waals surface area contributed by atoms with Gasteiger partial charge >= 0.3 is 8.69 Å². The summed E-state index contributed by atoms with van der Waals surface area (Å²) in [6.07, 6.45) is 0. The molecule has 1 unspecified atom stereocenters. The third kappa shape index (κ3) is 3.92. The minimum absolute atomic E-state index is 0.0885. The van der Waals surface area contributed by atoms with E-state index in [0.29, 0.717) is 0 Å². The van der Waals surface area contributed by atoms with Gasteiger partial charge in [-0.3, -0.25) is 0 Å². The lowest BCUT2D eigenvalue weighted by atomic mass is 9.72. The van der Waals surface area contributed by atoms with Crippen LogP contribution in [-0.4, -0.2) is 4.89 Å². The second-order valence-electron chi connectivity index (χ2n) is 9.59. The summed E-state index contributed by atoms with van der Waals surface area (Å²) >= 11 is 0. The molecule has 0 heterocycles. The van der Waals surface area contributed by atoms with E-state index < -0.39 is 8.69 Å². The molecule has 3 aromatic rings. The normalized spacial score (nSPS) is 12.4. The van der Waals surface area contributed by atoms with Gasteiger partial charge in [-0.2, -0.15) is 4.89 Å².